The van der Waals surface area contributed by atoms with Crippen LogP contribution >= 0.6 is 0 Å². The molecule has 0 aliphatic heterocycles. The summed E-state index contributed by atoms with van der Waals surface area (Å²) in [7, 11) is 0. The Morgan fingerprint density at radius 3 is 1.26 bits per heavy atom. The van der Waals surface area contributed by atoms with Crippen molar-refractivity contribution in [3.05, 3.63) is 224 Å². The molecule has 0 amide bonds. The van der Waals surface area contributed by atoms with E-state index in [0.717, 1.165) is 17.1 Å². The van der Waals surface area contributed by atoms with Crippen LogP contribution in [0.4, 0.5) is 17.1 Å². The van der Waals surface area contributed by atoms with Crippen LogP contribution in [0, 0.1) is 0 Å². The highest BCUT2D eigenvalue weighted by atomic mass is 15.1. The fraction of sp³-hybridized carbons (Fsp3) is 0. The second-order valence-corrected chi connectivity index (χ2v) is 13.3. The fourth-order valence-corrected chi connectivity index (χ4v) is 7.47. The van der Waals surface area contributed by atoms with E-state index in [1.807, 2.05) is 0 Å². The minimum atomic E-state index is 1.09. The Balaban J connectivity index is 1.28. The van der Waals surface area contributed by atoms with Crippen LogP contribution in [-0.4, -0.2) is 0 Å². The Bertz CT molecular complexity index is 2540. The zero-order chi connectivity index (χ0) is 35.4. The van der Waals surface area contributed by atoms with Gasteiger partial charge in [0.1, 0.15) is 0 Å². The van der Waals surface area contributed by atoms with Crippen LogP contribution in [-0.2, 0) is 0 Å². The molecule has 9 rings (SSSR count). The summed E-state index contributed by atoms with van der Waals surface area (Å²) in [6, 6.07) is 80.9. The highest BCUT2D eigenvalue weighted by Gasteiger charge is 2.23. The molecule has 0 radical (unpaired) electrons. The van der Waals surface area contributed by atoms with Crippen LogP contribution < -0.4 is 4.90 Å². The maximum Gasteiger partial charge on any atom is 0.0546 e. The predicted octanol–water partition coefficient (Wildman–Crippen LogP) is 14.6. The highest BCUT2D eigenvalue weighted by Crippen LogP contribution is 2.48. The van der Waals surface area contributed by atoms with Crippen LogP contribution in [0.3, 0.4) is 0 Å². The molecule has 0 aliphatic rings. The van der Waals surface area contributed by atoms with E-state index in [-0.39, 0.29) is 0 Å². The molecule has 0 atom stereocenters. The zero-order valence-corrected chi connectivity index (χ0v) is 29.3. The maximum atomic E-state index is 2.42. The SMILES string of the molecule is c1ccc(-c2ccc(N(c3ccc(-c4ccccc4)cc3)c3cccc(-c4ccccc4)c3-c3ccccc3-c3ccc4ccccc4c3)cc2)cc1. The van der Waals surface area contributed by atoms with E-state index in [1.54, 1.807) is 0 Å². The molecule has 0 unspecified atom stereocenters. The van der Waals surface area contributed by atoms with E-state index in [0.29, 0.717) is 0 Å². The van der Waals surface area contributed by atoms with Gasteiger partial charge in [-0.15, -0.1) is 0 Å². The number of hydrogen-bond donors (Lipinski definition) is 0. The number of nitrogens with zero attached hydrogens (tertiary/aromatic N) is 1. The number of hydrogen-bond acceptors (Lipinski definition) is 1. The monoisotopic (exact) mass is 675 g/mol. The summed E-state index contributed by atoms with van der Waals surface area (Å²) in [6.07, 6.45) is 0. The molecule has 0 aliphatic carbocycles. The van der Waals surface area contributed by atoms with Gasteiger partial charge in [-0.05, 0) is 97.2 Å². The van der Waals surface area contributed by atoms with Gasteiger partial charge < -0.3 is 4.90 Å². The molecule has 0 heterocycles. The molecule has 1 heteroatoms. The molecule has 9 aromatic carbocycles. The maximum absolute atomic E-state index is 2.42. The fourth-order valence-electron chi connectivity index (χ4n) is 7.47. The second kappa shape index (κ2) is 14.3. The number of anilines is 3. The minimum Gasteiger partial charge on any atom is -0.310 e. The Morgan fingerprint density at radius 2 is 0.679 bits per heavy atom. The van der Waals surface area contributed by atoms with Crippen LogP contribution in [0.15, 0.2) is 224 Å². The average Bonchev–Trinajstić information content (AvgIpc) is 3.25. The summed E-state index contributed by atoms with van der Waals surface area (Å²) in [4.78, 5) is 2.42. The first kappa shape index (κ1) is 32.0. The second-order valence-electron chi connectivity index (χ2n) is 13.3. The largest absolute Gasteiger partial charge is 0.310 e. The van der Waals surface area contributed by atoms with Gasteiger partial charge in [-0.1, -0.05) is 188 Å². The Labute approximate surface area is 311 Å². The molecule has 0 aromatic heterocycles. The molecule has 0 saturated heterocycles. The van der Waals surface area contributed by atoms with Crippen molar-refractivity contribution >= 4 is 27.8 Å². The molecule has 0 spiro atoms. The van der Waals surface area contributed by atoms with E-state index in [2.05, 4.69) is 229 Å². The summed E-state index contributed by atoms with van der Waals surface area (Å²) in [6.45, 7) is 0. The van der Waals surface area contributed by atoms with Crippen LogP contribution in [0.25, 0.3) is 66.4 Å². The van der Waals surface area contributed by atoms with Gasteiger partial charge in [0.25, 0.3) is 0 Å². The summed E-state index contributed by atoms with van der Waals surface area (Å²) in [5, 5.41) is 2.47. The van der Waals surface area contributed by atoms with E-state index in [9.17, 15) is 0 Å². The van der Waals surface area contributed by atoms with Crippen LogP contribution in [0.5, 0.6) is 0 Å². The lowest BCUT2D eigenvalue weighted by Crippen LogP contribution is -2.12. The lowest BCUT2D eigenvalue weighted by molar-refractivity contribution is 1.28. The van der Waals surface area contributed by atoms with Gasteiger partial charge >= 0.3 is 0 Å². The van der Waals surface area contributed by atoms with Crippen molar-refractivity contribution in [2.75, 3.05) is 4.90 Å². The lowest BCUT2D eigenvalue weighted by Gasteiger charge is -2.30. The summed E-state index contributed by atoms with van der Waals surface area (Å²) in [5.74, 6) is 0. The molecule has 0 fully saturated rings. The number of benzene rings is 9. The van der Waals surface area contributed by atoms with Crippen molar-refractivity contribution in [3.63, 3.8) is 0 Å². The van der Waals surface area contributed by atoms with Crippen molar-refractivity contribution in [2.24, 2.45) is 0 Å². The molecular weight excluding hydrogens is 639 g/mol. The van der Waals surface area contributed by atoms with Crippen LogP contribution in [0.2, 0.25) is 0 Å². The first-order valence-electron chi connectivity index (χ1n) is 18.2. The van der Waals surface area contributed by atoms with E-state index < -0.39 is 0 Å². The third-order valence-electron chi connectivity index (χ3n) is 10.1. The smallest absolute Gasteiger partial charge is 0.0546 e. The van der Waals surface area contributed by atoms with Gasteiger partial charge in [-0.2, -0.15) is 0 Å². The van der Waals surface area contributed by atoms with Crippen LogP contribution in [0.1, 0.15) is 0 Å². The number of rotatable bonds is 8. The standard InChI is InChI=1S/C52H37N/c1-4-15-38(16-5-1)41-29-33-46(34-30-41)53(47-35-31-42(32-36-47)39-17-6-2-7-18-39)51-26-14-25-49(43-20-8-3-9-21-43)52(51)50-24-13-12-23-48(50)45-28-27-40-19-10-11-22-44(40)37-45/h1-37H. The molecule has 0 bridgehead atoms. The first-order chi connectivity index (χ1) is 26.3. The van der Waals surface area contributed by atoms with Gasteiger partial charge in [0, 0.05) is 16.9 Å². The molecule has 9 aromatic rings. The Hall–Kier alpha value is -6.96. The van der Waals surface area contributed by atoms with Crippen molar-refractivity contribution in [2.45, 2.75) is 0 Å². The lowest BCUT2D eigenvalue weighted by atomic mass is 9.87. The predicted molar refractivity (Wildman–Crippen MR) is 226 cm³/mol. The van der Waals surface area contributed by atoms with Gasteiger partial charge in [0.15, 0.2) is 0 Å². The quantitative estimate of drug-likeness (QED) is 0.155. The molecular formula is C52H37N. The first-order valence-corrected chi connectivity index (χ1v) is 18.2. The molecule has 53 heavy (non-hydrogen) atoms. The van der Waals surface area contributed by atoms with Crippen molar-refractivity contribution in [3.8, 4) is 55.6 Å². The third kappa shape index (κ3) is 6.42. The van der Waals surface area contributed by atoms with Gasteiger partial charge in [-0.25, -0.2) is 0 Å². The minimum absolute atomic E-state index is 1.09. The van der Waals surface area contributed by atoms with Crippen molar-refractivity contribution in [1.82, 2.24) is 0 Å². The van der Waals surface area contributed by atoms with Crippen molar-refractivity contribution < 1.29 is 0 Å². The van der Waals surface area contributed by atoms with E-state index in [4.69, 9.17) is 0 Å². The molecule has 250 valence electrons. The molecule has 0 saturated carbocycles. The normalized spacial score (nSPS) is 11.0. The topological polar surface area (TPSA) is 3.24 Å². The molecule has 1 nitrogen and oxygen atoms in total. The Kier molecular flexibility index (Phi) is 8.66. The van der Waals surface area contributed by atoms with E-state index >= 15 is 0 Å². The average molecular weight is 676 g/mol. The highest BCUT2D eigenvalue weighted by molar-refractivity contribution is 6.02. The number of fused-ring (bicyclic) bond motifs is 1. The summed E-state index contributed by atoms with van der Waals surface area (Å²) >= 11 is 0. The Morgan fingerprint density at radius 1 is 0.245 bits per heavy atom. The zero-order valence-electron chi connectivity index (χ0n) is 29.3. The third-order valence-corrected chi connectivity index (χ3v) is 10.1. The summed E-state index contributed by atoms with van der Waals surface area (Å²) < 4.78 is 0. The van der Waals surface area contributed by atoms with Gasteiger partial charge in [0.2, 0.25) is 0 Å². The molecule has 0 N–H and O–H groups in total. The van der Waals surface area contributed by atoms with Gasteiger partial charge in [-0.3, -0.25) is 0 Å². The van der Waals surface area contributed by atoms with Crippen molar-refractivity contribution in [1.29, 1.82) is 0 Å². The van der Waals surface area contributed by atoms with Gasteiger partial charge in [0.05, 0.1) is 5.69 Å². The van der Waals surface area contributed by atoms with E-state index in [1.165, 1.54) is 66.4 Å². The summed E-state index contributed by atoms with van der Waals surface area (Å²) in [5.41, 5.74) is 15.2.